The second kappa shape index (κ2) is 6.23. The van der Waals surface area contributed by atoms with Crippen molar-refractivity contribution in [2.45, 2.75) is 26.1 Å². The molecule has 2 N–H and O–H groups in total. The van der Waals surface area contributed by atoms with Gasteiger partial charge >= 0.3 is 6.18 Å². The van der Waals surface area contributed by atoms with Crippen LogP contribution in [-0.4, -0.2) is 15.7 Å². The van der Waals surface area contributed by atoms with Crippen molar-refractivity contribution in [2.75, 3.05) is 0 Å². The van der Waals surface area contributed by atoms with Gasteiger partial charge in [-0.3, -0.25) is 9.48 Å². The van der Waals surface area contributed by atoms with Gasteiger partial charge in [-0.2, -0.15) is 18.3 Å². The first-order chi connectivity index (χ1) is 11.8. The first-order valence-electron chi connectivity index (χ1n) is 7.75. The molecule has 0 aliphatic rings. The van der Waals surface area contributed by atoms with Crippen molar-refractivity contribution in [3.8, 4) is 0 Å². The maximum Gasteiger partial charge on any atom is 0.416 e. The van der Waals surface area contributed by atoms with Gasteiger partial charge in [-0.1, -0.05) is 24.3 Å². The lowest BCUT2D eigenvalue weighted by Gasteiger charge is -2.09. The Morgan fingerprint density at radius 1 is 1.16 bits per heavy atom. The van der Waals surface area contributed by atoms with E-state index in [-0.39, 0.29) is 5.69 Å². The van der Waals surface area contributed by atoms with Gasteiger partial charge in [0.1, 0.15) is 0 Å². The van der Waals surface area contributed by atoms with Crippen LogP contribution in [0.2, 0.25) is 0 Å². The Labute approximate surface area is 142 Å². The molecule has 1 amide bonds. The maximum absolute atomic E-state index is 12.7. The van der Waals surface area contributed by atoms with Crippen molar-refractivity contribution >= 4 is 16.8 Å². The number of benzene rings is 2. The monoisotopic (exact) mass is 347 g/mol. The summed E-state index contributed by atoms with van der Waals surface area (Å²) in [7, 11) is 0. The number of carbonyl (C=O) groups excluding carboxylic acids is 1. The molecule has 0 aliphatic heterocycles. The number of rotatable bonds is 4. The molecule has 0 fully saturated rings. The molecule has 0 radical (unpaired) electrons. The zero-order chi connectivity index (χ0) is 18.2. The SMILES string of the molecule is CCn1nc(C(N)=O)c2c(Cc3ccc(C(F)(F)F)cc3)cccc21. The third kappa shape index (κ3) is 3.22. The second-order valence-corrected chi connectivity index (χ2v) is 5.71. The zero-order valence-corrected chi connectivity index (χ0v) is 13.5. The summed E-state index contributed by atoms with van der Waals surface area (Å²) in [6, 6.07) is 10.5. The highest BCUT2D eigenvalue weighted by atomic mass is 19.4. The predicted octanol–water partition coefficient (Wildman–Crippen LogP) is 3.76. The van der Waals surface area contributed by atoms with E-state index < -0.39 is 17.6 Å². The topological polar surface area (TPSA) is 60.9 Å². The molecule has 2 aromatic carbocycles. The van der Waals surface area contributed by atoms with E-state index in [2.05, 4.69) is 5.10 Å². The second-order valence-electron chi connectivity index (χ2n) is 5.71. The molecule has 0 unspecified atom stereocenters. The molecule has 3 aromatic rings. The summed E-state index contributed by atoms with van der Waals surface area (Å²) in [5.41, 5.74) is 7.21. The van der Waals surface area contributed by atoms with Crippen LogP contribution in [-0.2, 0) is 19.1 Å². The molecule has 0 saturated carbocycles. The molecule has 1 aromatic heterocycles. The molecule has 0 saturated heterocycles. The van der Waals surface area contributed by atoms with E-state index in [4.69, 9.17) is 5.73 Å². The van der Waals surface area contributed by atoms with Gasteiger partial charge in [0.2, 0.25) is 0 Å². The first-order valence-corrected chi connectivity index (χ1v) is 7.75. The third-order valence-corrected chi connectivity index (χ3v) is 4.07. The molecule has 3 rings (SSSR count). The van der Waals surface area contributed by atoms with Crippen molar-refractivity contribution in [1.82, 2.24) is 9.78 Å². The Morgan fingerprint density at radius 3 is 2.40 bits per heavy atom. The largest absolute Gasteiger partial charge is 0.416 e. The van der Waals surface area contributed by atoms with Crippen molar-refractivity contribution in [1.29, 1.82) is 0 Å². The van der Waals surface area contributed by atoms with Crippen LogP contribution >= 0.6 is 0 Å². The van der Waals surface area contributed by atoms with Crippen molar-refractivity contribution in [2.24, 2.45) is 5.73 Å². The Hall–Kier alpha value is -2.83. The number of alkyl halides is 3. The van der Waals surface area contributed by atoms with Crippen LogP contribution in [0.3, 0.4) is 0 Å². The molecule has 0 spiro atoms. The van der Waals surface area contributed by atoms with Crippen LogP contribution in [0, 0.1) is 0 Å². The van der Waals surface area contributed by atoms with Crippen LogP contribution in [0.1, 0.15) is 34.1 Å². The van der Waals surface area contributed by atoms with E-state index in [9.17, 15) is 18.0 Å². The number of nitrogens with two attached hydrogens (primary N) is 1. The molecule has 7 heteroatoms. The van der Waals surface area contributed by atoms with E-state index >= 15 is 0 Å². The fraction of sp³-hybridized carbons (Fsp3) is 0.222. The average molecular weight is 347 g/mol. The molecule has 4 nitrogen and oxygen atoms in total. The predicted molar refractivity (Wildman–Crippen MR) is 88.2 cm³/mol. The van der Waals surface area contributed by atoms with Crippen LogP contribution in [0.4, 0.5) is 13.2 Å². The van der Waals surface area contributed by atoms with Gasteiger partial charge in [-0.25, -0.2) is 0 Å². The fourth-order valence-corrected chi connectivity index (χ4v) is 2.89. The Morgan fingerprint density at radius 2 is 1.84 bits per heavy atom. The minimum Gasteiger partial charge on any atom is -0.364 e. The Bertz CT molecular complexity index is 927. The van der Waals surface area contributed by atoms with Gasteiger partial charge in [0.25, 0.3) is 5.91 Å². The smallest absolute Gasteiger partial charge is 0.364 e. The van der Waals surface area contributed by atoms with E-state index in [1.807, 2.05) is 25.1 Å². The lowest BCUT2D eigenvalue weighted by atomic mass is 9.99. The van der Waals surface area contributed by atoms with Gasteiger partial charge in [0.05, 0.1) is 11.1 Å². The molecule has 25 heavy (non-hydrogen) atoms. The Balaban J connectivity index is 2.04. The van der Waals surface area contributed by atoms with Gasteiger partial charge < -0.3 is 5.73 Å². The van der Waals surface area contributed by atoms with E-state index in [1.54, 1.807) is 4.68 Å². The number of halogens is 3. The minimum absolute atomic E-state index is 0.180. The summed E-state index contributed by atoms with van der Waals surface area (Å²) in [6.45, 7) is 2.48. The number of amides is 1. The molecular weight excluding hydrogens is 331 g/mol. The summed E-state index contributed by atoms with van der Waals surface area (Å²) >= 11 is 0. The summed E-state index contributed by atoms with van der Waals surface area (Å²) < 4.78 is 39.7. The van der Waals surface area contributed by atoms with Crippen molar-refractivity contribution in [3.63, 3.8) is 0 Å². The highest BCUT2D eigenvalue weighted by Crippen LogP contribution is 2.30. The van der Waals surface area contributed by atoms with Crippen LogP contribution < -0.4 is 5.73 Å². The van der Waals surface area contributed by atoms with Gasteiger partial charge in [-0.15, -0.1) is 0 Å². The fourth-order valence-electron chi connectivity index (χ4n) is 2.89. The van der Waals surface area contributed by atoms with Crippen molar-refractivity contribution < 1.29 is 18.0 Å². The lowest BCUT2D eigenvalue weighted by molar-refractivity contribution is -0.137. The summed E-state index contributed by atoms with van der Waals surface area (Å²) in [5, 5.41) is 4.90. The average Bonchev–Trinajstić information content (AvgIpc) is 2.94. The summed E-state index contributed by atoms with van der Waals surface area (Å²) in [4.78, 5) is 11.7. The number of aromatic nitrogens is 2. The quantitative estimate of drug-likeness (QED) is 0.781. The number of carbonyl (C=O) groups is 1. The Kier molecular flexibility index (Phi) is 4.24. The summed E-state index contributed by atoms with van der Waals surface area (Å²) in [5.74, 6) is -0.628. The minimum atomic E-state index is -4.36. The van der Waals surface area contributed by atoms with E-state index in [1.165, 1.54) is 12.1 Å². The van der Waals surface area contributed by atoms with Crippen LogP contribution in [0.25, 0.3) is 10.9 Å². The zero-order valence-electron chi connectivity index (χ0n) is 13.5. The highest BCUT2D eigenvalue weighted by Gasteiger charge is 2.30. The number of hydrogen-bond acceptors (Lipinski definition) is 2. The summed E-state index contributed by atoms with van der Waals surface area (Å²) in [6.07, 6.45) is -3.98. The number of hydrogen-bond donors (Lipinski definition) is 1. The molecule has 1 heterocycles. The van der Waals surface area contributed by atoms with Crippen molar-refractivity contribution in [3.05, 3.63) is 64.8 Å². The number of nitrogens with zero attached hydrogens (tertiary/aromatic N) is 2. The number of fused-ring (bicyclic) bond motifs is 1. The number of aryl methyl sites for hydroxylation is 1. The molecule has 0 aliphatic carbocycles. The third-order valence-electron chi connectivity index (χ3n) is 4.07. The van der Waals surface area contributed by atoms with Crippen LogP contribution in [0.15, 0.2) is 42.5 Å². The van der Waals surface area contributed by atoms with E-state index in [0.29, 0.717) is 23.9 Å². The first kappa shape index (κ1) is 17.0. The van der Waals surface area contributed by atoms with Gasteiger partial charge in [0, 0.05) is 11.9 Å². The molecule has 0 atom stereocenters. The normalized spacial score (nSPS) is 11.8. The van der Waals surface area contributed by atoms with Gasteiger partial charge in [-0.05, 0) is 42.7 Å². The molecular formula is C18H16F3N3O. The van der Waals surface area contributed by atoms with Gasteiger partial charge in [0.15, 0.2) is 5.69 Å². The highest BCUT2D eigenvalue weighted by molar-refractivity contribution is 6.05. The lowest BCUT2D eigenvalue weighted by Crippen LogP contribution is -2.13. The molecule has 0 bridgehead atoms. The number of primary amides is 1. The van der Waals surface area contributed by atoms with Crippen LogP contribution in [0.5, 0.6) is 0 Å². The maximum atomic E-state index is 12.7. The van der Waals surface area contributed by atoms with E-state index in [0.717, 1.165) is 23.2 Å². The molecule has 130 valence electrons. The standard InChI is InChI=1S/C18H16F3N3O/c1-2-24-14-5-3-4-12(15(14)16(23-24)17(22)25)10-11-6-8-13(9-7-11)18(19,20)21/h3-9H,2,10H2,1H3,(H2,22,25).